The third kappa shape index (κ3) is 6.53. The van der Waals surface area contributed by atoms with Gasteiger partial charge in [-0.25, -0.2) is 5.01 Å². The molecule has 0 spiro atoms. The van der Waals surface area contributed by atoms with Crippen LogP contribution in [0, 0.1) is 0 Å². The van der Waals surface area contributed by atoms with Gasteiger partial charge in [0.25, 0.3) is 5.91 Å². The monoisotopic (exact) mass is 157 g/mol. The number of hydrazine groups is 1. The second kappa shape index (κ2) is 4.45. The van der Waals surface area contributed by atoms with E-state index in [9.17, 15) is 9.59 Å². The van der Waals surface area contributed by atoms with E-state index in [-0.39, 0.29) is 5.91 Å². The lowest BCUT2D eigenvalue weighted by molar-refractivity contribution is -0.120. The van der Waals surface area contributed by atoms with Crippen LogP contribution in [0.15, 0.2) is 12.2 Å². The van der Waals surface area contributed by atoms with E-state index >= 15 is 0 Å². The molecule has 0 rings (SSSR count). The molecule has 5 nitrogen and oxygen atoms in total. The Kier molecular flexibility index (Phi) is 3.90. The summed E-state index contributed by atoms with van der Waals surface area (Å²) in [7, 11) is 3.33. The van der Waals surface area contributed by atoms with Gasteiger partial charge in [-0.2, -0.15) is 0 Å². The van der Waals surface area contributed by atoms with Gasteiger partial charge >= 0.3 is 0 Å². The predicted octanol–water partition coefficient (Wildman–Crippen LogP) is -1.38. The van der Waals surface area contributed by atoms with E-state index in [4.69, 9.17) is 5.73 Å². The van der Waals surface area contributed by atoms with Crippen molar-refractivity contribution in [2.75, 3.05) is 14.1 Å². The van der Waals surface area contributed by atoms with Crippen LogP contribution in [0.4, 0.5) is 0 Å². The summed E-state index contributed by atoms with van der Waals surface area (Å²) in [5.74, 6) is -1.02. The van der Waals surface area contributed by atoms with Crippen LogP contribution >= 0.6 is 0 Å². The molecule has 0 radical (unpaired) electrons. The maximum Gasteiger partial charge on any atom is 0.258 e. The summed E-state index contributed by atoms with van der Waals surface area (Å²) >= 11 is 0. The van der Waals surface area contributed by atoms with Crippen LogP contribution in [0.2, 0.25) is 0 Å². The summed E-state index contributed by atoms with van der Waals surface area (Å²) in [4.78, 5) is 20.8. The molecular weight excluding hydrogens is 146 g/mol. The maximum absolute atomic E-state index is 10.7. The van der Waals surface area contributed by atoms with Gasteiger partial charge in [0.1, 0.15) is 0 Å². The van der Waals surface area contributed by atoms with Gasteiger partial charge in [-0.1, -0.05) is 0 Å². The van der Waals surface area contributed by atoms with Gasteiger partial charge in [0.15, 0.2) is 0 Å². The molecule has 62 valence electrons. The van der Waals surface area contributed by atoms with Gasteiger partial charge in [-0.15, -0.1) is 0 Å². The minimum Gasteiger partial charge on any atom is -0.366 e. The van der Waals surface area contributed by atoms with Crippen molar-refractivity contribution in [3.8, 4) is 0 Å². The van der Waals surface area contributed by atoms with Gasteiger partial charge in [-0.3, -0.25) is 15.0 Å². The molecule has 0 aromatic carbocycles. The first-order valence-electron chi connectivity index (χ1n) is 2.98. The Hall–Kier alpha value is -1.36. The van der Waals surface area contributed by atoms with Crippen molar-refractivity contribution < 1.29 is 9.59 Å². The molecule has 0 aliphatic carbocycles. The maximum atomic E-state index is 10.7. The highest BCUT2D eigenvalue weighted by atomic mass is 16.2. The molecular formula is C6H11N3O2. The lowest BCUT2D eigenvalue weighted by atomic mass is 10.5. The van der Waals surface area contributed by atoms with Crippen LogP contribution in [-0.4, -0.2) is 30.9 Å². The third-order valence-electron chi connectivity index (χ3n) is 0.733. The van der Waals surface area contributed by atoms with Crippen molar-refractivity contribution >= 4 is 11.8 Å². The van der Waals surface area contributed by atoms with Gasteiger partial charge in [0.2, 0.25) is 5.91 Å². The Labute approximate surface area is 64.8 Å². The molecule has 0 aliphatic heterocycles. The number of carbonyl (C=O) groups excluding carboxylic acids is 2. The topological polar surface area (TPSA) is 75.4 Å². The Bertz CT molecular complexity index is 186. The zero-order chi connectivity index (χ0) is 8.85. The summed E-state index contributed by atoms with van der Waals surface area (Å²) in [5, 5.41) is 1.47. The zero-order valence-corrected chi connectivity index (χ0v) is 6.50. The van der Waals surface area contributed by atoms with Crippen molar-refractivity contribution in [3.63, 3.8) is 0 Å². The molecule has 3 N–H and O–H groups in total. The Morgan fingerprint density at radius 2 is 1.91 bits per heavy atom. The quantitative estimate of drug-likeness (QED) is 0.391. The van der Waals surface area contributed by atoms with E-state index < -0.39 is 5.91 Å². The molecule has 0 saturated carbocycles. The highest BCUT2D eigenvalue weighted by Gasteiger charge is 1.94. The molecule has 11 heavy (non-hydrogen) atoms. The summed E-state index contributed by atoms with van der Waals surface area (Å²) in [6.07, 6.45) is 2.07. The van der Waals surface area contributed by atoms with Crippen LogP contribution in [-0.2, 0) is 9.59 Å². The summed E-state index contributed by atoms with van der Waals surface area (Å²) < 4.78 is 0. The summed E-state index contributed by atoms with van der Waals surface area (Å²) in [6.45, 7) is 0. The van der Waals surface area contributed by atoms with E-state index in [1.165, 1.54) is 5.01 Å². The fraction of sp³-hybridized carbons (Fsp3) is 0.333. The van der Waals surface area contributed by atoms with Crippen molar-refractivity contribution in [1.82, 2.24) is 10.4 Å². The number of carbonyl (C=O) groups is 2. The molecule has 5 heteroatoms. The fourth-order valence-corrected chi connectivity index (χ4v) is 0.415. The smallest absolute Gasteiger partial charge is 0.258 e. The lowest BCUT2D eigenvalue weighted by Gasteiger charge is -2.08. The van der Waals surface area contributed by atoms with E-state index in [0.717, 1.165) is 12.2 Å². The molecule has 0 aromatic heterocycles. The SMILES string of the molecule is CN(C)NC(=O)C=CC(N)=O. The molecule has 0 bridgehead atoms. The van der Waals surface area contributed by atoms with Crippen molar-refractivity contribution in [3.05, 3.63) is 12.2 Å². The van der Waals surface area contributed by atoms with Crippen molar-refractivity contribution in [1.29, 1.82) is 0 Å². The number of amides is 2. The summed E-state index contributed by atoms with van der Waals surface area (Å²) in [6, 6.07) is 0. The molecule has 0 aromatic rings. The van der Waals surface area contributed by atoms with Gasteiger partial charge in [0, 0.05) is 26.2 Å². The van der Waals surface area contributed by atoms with Gasteiger partial charge in [-0.05, 0) is 0 Å². The van der Waals surface area contributed by atoms with Crippen LogP contribution in [0.5, 0.6) is 0 Å². The molecule has 2 amide bonds. The summed E-state index contributed by atoms with van der Waals surface area (Å²) in [5.41, 5.74) is 7.15. The molecule has 0 unspecified atom stereocenters. The van der Waals surface area contributed by atoms with Crippen molar-refractivity contribution in [2.24, 2.45) is 5.73 Å². The average Bonchev–Trinajstić information content (AvgIpc) is 1.82. The average molecular weight is 157 g/mol. The highest BCUT2D eigenvalue weighted by molar-refractivity contribution is 5.95. The van der Waals surface area contributed by atoms with Crippen molar-refractivity contribution in [2.45, 2.75) is 0 Å². The molecule has 0 heterocycles. The number of nitrogens with two attached hydrogens (primary N) is 1. The number of primary amides is 1. The van der Waals surface area contributed by atoms with Gasteiger partial charge in [0.05, 0.1) is 0 Å². The van der Waals surface area contributed by atoms with E-state index in [0.29, 0.717) is 0 Å². The Morgan fingerprint density at radius 3 is 2.27 bits per heavy atom. The predicted molar refractivity (Wildman–Crippen MR) is 40.2 cm³/mol. The number of nitrogens with zero attached hydrogens (tertiary/aromatic N) is 1. The second-order valence-corrected chi connectivity index (χ2v) is 2.11. The van der Waals surface area contributed by atoms with E-state index in [1.54, 1.807) is 14.1 Å². The molecule has 0 atom stereocenters. The van der Waals surface area contributed by atoms with Gasteiger partial charge < -0.3 is 5.73 Å². The third-order valence-corrected chi connectivity index (χ3v) is 0.733. The molecule has 0 aliphatic rings. The molecule has 0 saturated heterocycles. The normalized spacial score (nSPS) is 10.5. The van der Waals surface area contributed by atoms with Crippen LogP contribution in [0.1, 0.15) is 0 Å². The minimum atomic E-state index is -0.640. The number of hydrogen-bond donors (Lipinski definition) is 2. The largest absolute Gasteiger partial charge is 0.366 e. The van der Waals surface area contributed by atoms with Crippen LogP contribution in [0.3, 0.4) is 0 Å². The second-order valence-electron chi connectivity index (χ2n) is 2.11. The molecule has 0 fully saturated rings. The number of rotatable bonds is 3. The Balaban J connectivity index is 3.78. The Morgan fingerprint density at radius 1 is 1.36 bits per heavy atom. The lowest BCUT2D eigenvalue weighted by Crippen LogP contribution is -2.35. The van der Waals surface area contributed by atoms with E-state index in [1.807, 2.05) is 0 Å². The standard InChI is InChI=1S/C6H11N3O2/c1-9(2)8-6(11)4-3-5(7)10/h3-4H,1-2H3,(H2,7,10)(H,8,11). The first-order chi connectivity index (χ1) is 5.02. The van der Waals surface area contributed by atoms with E-state index in [2.05, 4.69) is 5.43 Å². The van der Waals surface area contributed by atoms with Crippen LogP contribution in [0.25, 0.3) is 0 Å². The van der Waals surface area contributed by atoms with Crippen LogP contribution < -0.4 is 11.2 Å². The first-order valence-corrected chi connectivity index (χ1v) is 2.98. The fourth-order valence-electron chi connectivity index (χ4n) is 0.415. The highest BCUT2D eigenvalue weighted by Crippen LogP contribution is 1.73. The number of nitrogens with one attached hydrogen (secondary N) is 1. The number of hydrogen-bond acceptors (Lipinski definition) is 3. The minimum absolute atomic E-state index is 0.381. The zero-order valence-electron chi connectivity index (χ0n) is 6.50. The first kappa shape index (κ1) is 9.64.